The van der Waals surface area contributed by atoms with Crippen LogP contribution >= 0.6 is 11.6 Å². The minimum Gasteiger partial charge on any atom is -0.311 e. The second-order valence-corrected chi connectivity index (χ2v) is 16.6. The van der Waals surface area contributed by atoms with E-state index < -0.39 is 0 Å². The third-order valence-corrected chi connectivity index (χ3v) is 12.7. The SMILES string of the molecule is C.Clc1c(N(c2ccccc2)c2ccccc2)cccc1N(c1ccccc1)c1ccccc1.c1ccc(N2c3ccccc3B3c4ccccc4N(c4ccccc4)c4cccc2c43)cc1. The first kappa shape index (κ1) is 42.7. The summed E-state index contributed by atoms with van der Waals surface area (Å²) in [4.78, 5) is 9.23. The Morgan fingerprint density at radius 2 is 0.582 bits per heavy atom. The lowest BCUT2D eigenvalue weighted by atomic mass is 9.33. The van der Waals surface area contributed by atoms with Gasteiger partial charge in [0.05, 0.1) is 16.4 Å². The monoisotopic (exact) mass is 882 g/mol. The summed E-state index contributed by atoms with van der Waals surface area (Å²) in [5.74, 6) is 0. The number of fused-ring (bicyclic) bond motifs is 4. The van der Waals surface area contributed by atoms with Gasteiger partial charge in [0, 0.05) is 56.9 Å². The number of benzene rings is 10. The van der Waals surface area contributed by atoms with Crippen molar-refractivity contribution in [3.63, 3.8) is 0 Å². The van der Waals surface area contributed by atoms with E-state index in [0.717, 1.165) is 34.1 Å². The quantitative estimate of drug-likeness (QED) is 0.141. The molecule has 0 fully saturated rings. The molecule has 0 saturated carbocycles. The highest BCUT2D eigenvalue weighted by Crippen LogP contribution is 2.47. The predicted octanol–water partition coefficient (Wildman–Crippen LogP) is 15.7. The van der Waals surface area contributed by atoms with Gasteiger partial charge in [0.1, 0.15) is 0 Å². The lowest BCUT2D eigenvalue weighted by Crippen LogP contribution is -2.61. The molecule has 0 saturated heterocycles. The topological polar surface area (TPSA) is 13.0 Å². The summed E-state index contributed by atoms with van der Waals surface area (Å²) in [5.41, 5.74) is 17.5. The summed E-state index contributed by atoms with van der Waals surface area (Å²) in [6.07, 6.45) is 0. The average molecular weight is 883 g/mol. The third kappa shape index (κ3) is 8.01. The molecule has 12 rings (SSSR count). The van der Waals surface area contributed by atoms with Gasteiger partial charge in [-0.15, -0.1) is 0 Å². The van der Waals surface area contributed by atoms with Gasteiger partial charge in [-0.1, -0.05) is 177 Å². The van der Waals surface area contributed by atoms with Gasteiger partial charge in [-0.25, -0.2) is 0 Å². The van der Waals surface area contributed by atoms with Crippen molar-refractivity contribution in [2.24, 2.45) is 0 Å². The van der Waals surface area contributed by atoms with Crippen LogP contribution in [0.3, 0.4) is 0 Å². The first-order valence-corrected chi connectivity index (χ1v) is 22.7. The van der Waals surface area contributed by atoms with Crippen molar-refractivity contribution in [2.75, 3.05) is 19.6 Å². The van der Waals surface area contributed by atoms with Gasteiger partial charge in [0.2, 0.25) is 0 Å². The van der Waals surface area contributed by atoms with Crippen molar-refractivity contribution in [1.29, 1.82) is 0 Å². The van der Waals surface area contributed by atoms with Gasteiger partial charge in [-0.2, -0.15) is 0 Å². The molecule has 2 aliphatic heterocycles. The smallest absolute Gasteiger partial charge is 0.252 e. The van der Waals surface area contributed by atoms with E-state index in [1.165, 1.54) is 50.5 Å². The molecule has 0 aliphatic carbocycles. The van der Waals surface area contributed by atoms with Crippen LogP contribution in [0.15, 0.2) is 267 Å². The van der Waals surface area contributed by atoms with Crippen molar-refractivity contribution in [2.45, 2.75) is 7.43 Å². The molecule has 322 valence electrons. The van der Waals surface area contributed by atoms with Crippen LogP contribution in [-0.4, -0.2) is 6.71 Å². The Hall–Kier alpha value is -8.25. The molecule has 2 aliphatic rings. The molecular weight excluding hydrogens is 835 g/mol. The van der Waals surface area contributed by atoms with E-state index in [1.807, 2.05) is 72.8 Å². The van der Waals surface area contributed by atoms with Crippen LogP contribution in [0.4, 0.5) is 68.2 Å². The lowest BCUT2D eigenvalue weighted by molar-refractivity contribution is 1.25. The van der Waals surface area contributed by atoms with Gasteiger partial charge in [0.15, 0.2) is 0 Å². The fourth-order valence-electron chi connectivity index (χ4n) is 9.56. The van der Waals surface area contributed by atoms with Crippen molar-refractivity contribution in [3.8, 4) is 0 Å². The Balaban J connectivity index is 0.000000154. The third-order valence-electron chi connectivity index (χ3n) is 12.3. The van der Waals surface area contributed by atoms with Gasteiger partial charge in [-0.05, 0) is 126 Å². The van der Waals surface area contributed by atoms with Gasteiger partial charge < -0.3 is 19.6 Å². The normalized spacial score (nSPS) is 11.7. The molecule has 0 aromatic heterocycles. The Bertz CT molecular complexity index is 2940. The van der Waals surface area contributed by atoms with Crippen LogP contribution in [0.2, 0.25) is 5.02 Å². The van der Waals surface area contributed by atoms with Gasteiger partial charge in [0.25, 0.3) is 6.71 Å². The van der Waals surface area contributed by atoms with Crippen molar-refractivity contribution in [3.05, 3.63) is 272 Å². The molecule has 4 nitrogen and oxygen atoms in total. The number of halogens is 1. The zero-order valence-corrected chi connectivity index (χ0v) is 36.9. The molecule has 0 atom stereocenters. The Labute approximate surface area is 399 Å². The highest BCUT2D eigenvalue weighted by atomic mass is 35.5. The maximum absolute atomic E-state index is 7.21. The zero-order chi connectivity index (χ0) is 44.2. The highest BCUT2D eigenvalue weighted by molar-refractivity contribution is 7.00. The predicted molar refractivity (Wildman–Crippen MR) is 288 cm³/mol. The number of nitrogens with zero attached hydrogens (tertiary/aromatic N) is 4. The molecule has 67 heavy (non-hydrogen) atoms. The first-order valence-electron chi connectivity index (χ1n) is 22.3. The standard InChI is InChI=1S/C30H21BN2.C30H23ClN2.CH4/c1-3-12-22(13-4-1)32-26-18-9-7-16-24(26)31-25-17-8-10-19-27(25)33(23-14-5-2-6-15-23)29-21-11-20-28(32)30(29)31;31-30-28(32(24-14-5-1-6-15-24)25-16-7-2-8-17-25)22-13-23-29(30)33(26-18-9-3-10-19-26)27-20-11-4-12-21-27;/h1-21H;1-23H;1H4. The number of para-hydroxylation sites is 8. The molecule has 0 radical (unpaired) electrons. The minimum absolute atomic E-state index is 0. The summed E-state index contributed by atoms with van der Waals surface area (Å²) in [6.45, 7) is 0.198. The second-order valence-electron chi connectivity index (χ2n) is 16.2. The number of hydrogen-bond acceptors (Lipinski definition) is 4. The van der Waals surface area contributed by atoms with E-state index in [4.69, 9.17) is 11.6 Å². The Morgan fingerprint density at radius 1 is 0.299 bits per heavy atom. The van der Waals surface area contributed by atoms with E-state index in [9.17, 15) is 0 Å². The Kier molecular flexibility index (Phi) is 12.2. The van der Waals surface area contributed by atoms with Gasteiger partial charge in [-0.3, -0.25) is 0 Å². The number of rotatable bonds is 8. The van der Waals surface area contributed by atoms with Crippen LogP contribution in [0, 0.1) is 0 Å². The summed E-state index contributed by atoms with van der Waals surface area (Å²) < 4.78 is 0. The molecule has 10 aromatic carbocycles. The molecule has 0 spiro atoms. The van der Waals surface area contributed by atoms with Crippen LogP contribution in [-0.2, 0) is 0 Å². The van der Waals surface area contributed by atoms with E-state index in [0.29, 0.717) is 5.02 Å². The van der Waals surface area contributed by atoms with Crippen LogP contribution in [0.25, 0.3) is 0 Å². The maximum atomic E-state index is 7.21. The lowest BCUT2D eigenvalue weighted by Gasteiger charge is -2.44. The molecule has 10 aromatic rings. The fourth-order valence-corrected chi connectivity index (χ4v) is 9.86. The van der Waals surface area contributed by atoms with Crippen LogP contribution < -0.4 is 36.0 Å². The first-order chi connectivity index (χ1) is 32.7. The fraction of sp³-hybridized carbons (Fsp3) is 0.0164. The summed E-state index contributed by atoms with van der Waals surface area (Å²) >= 11 is 7.21. The molecule has 0 bridgehead atoms. The van der Waals surface area contributed by atoms with Crippen LogP contribution in [0.1, 0.15) is 7.43 Å². The minimum atomic E-state index is 0. The molecule has 2 heterocycles. The molecule has 0 unspecified atom stereocenters. The largest absolute Gasteiger partial charge is 0.311 e. The summed E-state index contributed by atoms with van der Waals surface area (Å²) in [6, 6.07) is 93.3. The van der Waals surface area contributed by atoms with Crippen LogP contribution in [0.5, 0.6) is 0 Å². The highest BCUT2D eigenvalue weighted by Gasteiger charge is 2.42. The summed E-state index contributed by atoms with van der Waals surface area (Å²) in [7, 11) is 0. The summed E-state index contributed by atoms with van der Waals surface area (Å²) in [5, 5.41) is 0.679. The molecular formula is C61H48BClN4. The Morgan fingerprint density at radius 3 is 0.940 bits per heavy atom. The van der Waals surface area contributed by atoms with E-state index in [-0.39, 0.29) is 14.1 Å². The molecule has 6 heteroatoms. The van der Waals surface area contributed by atoms with Gasteiger partial charge >= 0.3 is 0 Å². The number of anilines is 12. The van der Waals surface area contributed by atoms with E-state index in [1.54, 1.807) is 0 Å². The average Bonchev–Trinajstić information content (AvgIpc) is 3.39. The van der Waals surface area contributed by atoms with E-state index in [2.05, 4.69) is 214 Å². The van der Waals surface area contributed by atoms with Crippen molar-refractivity contribution < 1.29 is 0 Å². The maximum Gasteiger partial charge on any atom is 0.252 e. The van der Waals surface area contributed by atoms with Crippen molar-refractivity contribution >= 4 is 103 Å². The molecule has 0 N–H and O–H groups in total. The van der Waals surface area contributed by atoms with E-state index >= 15 is 0 Å². The zero-order valence-electron chi connectivity index (χ0n) is 36.1. The number of hydrogen-bond donors (Lipinski definition) is 0. The second kappa shape index (κ2) is 19.1. The van der Waals surface area contributed by atoms with Crippen molar-refractivity contribution in [1.82, 2.24) is 0 Å². The molecule has 0 amide bonds.